The van der Waals surface area contributed by atoms with Gasteiger partial charge < -0.3 is 9.47 Å². The summed E-state index contributed by atoms with van der Waals surface area (Å²) in [6.45, 7) is 0. The van der Waals surface area contributed by atoms with Gasteiger partial charge in [0, 0.05) is 35.4 Å². The van der Waals surface area contributed by atoms with E-state index in [4.69, 9.17) is 9.47 Å². The molecule has 38 heavy (non-hydrogen) atoms. The minimum absolute atomic E-state index is 0.0168. The van der Waals surface area contributed by atoms with Crippen molar-refractivity contribution in [1.29, 1.82) is 0 Å². The zero-order valence-corrected chi connectivity index (χ0v) is 19.1. The van der Waals surface area contributed by atoms with Gasteiger partial charge in [0.2, 0.25) is 11.8 Å². The van der Waals surface area contributed by atoms with Gasteiger partial charge in [-0.15, -0.1) is 0 Å². The van der Waals surface area contributed by atoms with Crippen LogP contribution in [-0.2, 0) is 19.1 Å². The average Bonchev–Trinajstić information content (AvgIpc) is 3.47. The predicted octanol–water partition coefficient (Wildman–Crippen LogP) is 4.19. The highest BCUT2D eigenvalue weighted by atomic mass is 16.6. The Hall–Kier alpha value is -5.78. The van der Waals surface area contributed by atoms with Crippen LogP contribution < -0.4 is 0 Å². The van der Waals surface area contributed by atoms with E-state index in [1.54, 1.807) is 36.4 Å². The van der Waals surface area contributed by atoms with E-state index in [2.05, 4.69) is 9.98 Å². The van der Waals surface area contributed by atoms with Crippen molar-refractivity contribution in [1.82, 2.24) is 0 Å². The Balaban J connectivity index is 1.35. The molecule has 2 heterocycles. The molecule has 0 atom stereocenters. The first-order valence-corrected chi connectivity index (χ1v) is 10.9. The summed E-state index contributed by atoms with van der Waals surface area (Å²) in [7, 11) is 0. The first-order chi connectivity index (χ1) is 18.3. The number of carbonyl (C=O) groups excluding carboxylic acids is 2. The Kier molecular flexibility index (Phi) is 6.11. The number of non-ortho nitro benzene ring substituents is 2. The maximum Gasteiger partial charge on any atom is 0.363 e. The van der Waals surface area contributed by atoms with Crippen molar-refractivity contribution in [2.45, 2.75) is 0 Å². The first-order valence-electron chi connectivity index (χ1n) is 10.9. The highest BCUT2D eigenvalue weighted by molar-refractivity contribution is 6.14. The normalized spacial score (nSPS) is 16.7. The average molecular weight is 510 g/mol. The Morgan fingerprint density at radius 1 is 0.632 bits per heavy atom. The molecule has 0 N–H and O–H groups in total. The van der Waals surface area contributed by atoms with Gasteiger partial charge in [-0.1, -0.05) is 36.4 Å². The molecule has 186 valence electrons. The molecule has 0 fully saturated rings. The van der Waals surface area contributed by atoms with Gasteiger partial charge in [0.05, 0.1) is 9.85 Å². The number of rotatable bonds is 6. The number of hydrogen-bond donors (Lipinski definition) is 0. The van der Waals surface area contributed by atoms with Crippen LogP contribution in [0.15, 0.2) is 94.2 Å². The van der Waals surface area contributed by atoms with Crippen LogP contribution >= 0.6 is 0 Å². The van der Waals surface area contributed by atoms with Crippen molar-refractivity contribution in [2.75, 3.05) is 0 Å². The summed E-state index contributed by atoms with van der Waals surface area (Å²) in [5, 5.41) is 22.0. The van der Waals surface area contributed by atoms with E-state index in [-0.39, 0.29) is 34.6 Å². The molecule has 0 radical (unpaired) electrons. The standard InChI is InChI=1S/C26H14N4O8/c31-25-21(27-23(37-25)17-3-1-5-19(13-17)29(33)34)11-15-7-9-16(10-8-15)12-22-26(32)38-24(28-22)18-4-2-6-20(14-18)30(35)36/h1-14H/b21-11-,22-12-. The van der Waals surface area contributed by atoms with Crippen LogP contribution in [0.5, 0.6) is 0 Å². The molecule has 0 bridgehead atoms. The van der Waals surface area contributed by atoms with Crippen LogP contribution in [0.1, 0.15) is 22.3 Å². The number of cyclic esters (lactones) is 2. The number of benzene rings is 3. The molecule has 12 heteroatoms. The molecule has 2 aliphatic heterocycles. The van der Waals surface area contributed by atoms with Crippen LogP contribution in [0.25, 0.3) is 12.2 Å². The van der Waals surface area contributed by atoms with Gasteiger partial charge in [0.1, 0.15) is 0 Å². The lowest BCUT2D eigenvalue weighted by atomic mass is 10.1. The molecule has 0 aromatic heterocycles. The third-order valence-electron chi connectivity index (χ3n) is 5.39. The van der Waals surface area contributed by atoms with Gasteiger partial charge in [0.25, 0.3) is 11.4 Å². The first kappa shape index (κ1) is 23.9. The SMILES string of the molecule is O=C1OC(c2cccc([N+](=O)[O-])c2)=N/C1=C\c1ccc(/C=C2\N=C(c3cccc([N+](=O)[O-])c3)OC2=O)cc1. The molecule has 3 aromatic rings. The molecule has 12 nitrogen and oxygen atoms in total. The van der Waals surface area contributed by atoms with Crippen LogP contribution in [0, 0.1) is 20.2 Å². The lowest BCUT2D eigenvalue weighted by molar-refractivity contribution is -0.385. The summed E-state index contributed by atoms with van der Waals surface area (Å²) >= 11 is 0. The minimum Gasteiger partial charge on any atom is -0.402 e. The monoisotopic (exact) mass is 510 g/mol. The number of hydrogen-bond acceptors (Lipinski definition) is 10. The minimum atomic E-state index is -0.700. The fourth-order valence-electron chi connectivity index (χ4n) is 3.57. The number of ether oxygens (including phenoxy) is 2. The Morgan fingerprint density at radius 2 is 1.03 bits per heavy atom. The van der Waals surface area contributed by atoms with Crippen molar-refractivity contribution in [2.24, 2.45) is 9.98 Å². The van der Waals surface area contributed by atoms with Crippen LogP contribution in [0.3, 0.4) is 0 Å². The van der Waals surface area contributed by atoms with Crippen LogP contribution in [0.4, 0.5) is 11.4 Å². The largest absolute Gasteiger partial charge is 0.402 e. The summed E-state index contributed by atoms with van der Waals surface area (Å²) in [4.78, 5) is 53.7. The maximum absolute atomic E-state index is 12.3. The number of aliphatic imine (C=N–C) groups is 2. The predicted molar refractivity (Wildman–Crippen MR) is 134 cm³/mol. The smallest absolute Gasteiger partial charge is 0.363 e. The third kappa shape index (κ3) is 4.95. The summed E-state index contributed by atoms with van der Waals surface area (Å²) < 4.78 is 10.3. The van der Waals surface area contributed by atoms with Gasteiger partial charge in [0.15, 0.2) is 11.4 Å². The van der Waals surface area contributed by atoms with Gasteiger partial charge in [-0.3, -0.25) is 20.2 Å². The van der Waals surface area contributed by atoms with Crippen molar-refractivity contribution in [3.8, 4) is 0 Å². The molecule has 0 amide bonds. The summed E-state index contributed by atoms with van der Waals surface area (Å²) in [5.41, 5.74) is 1.53. The lowest BCUT2D eigenvalue weighted by Crippen LogP contribution is -2.05. The summed E-state index contributed by atoms with van der Waals surface area (Å²) in [6, 6.07) is 17.9. The Morgan fingerprint density at radius 3 is 1.39 bits per heavy atom. The van der Waals surface area contributed by atoms with Gasteiger partial charge in [-0.05, 0) is 35.4 Å². The molecule has 5 rings (SSSR count). The molecule has 0 saturated carbocycles. The Labute approximate surface area is 213 Å². The molecular weight excluding hydrogens is 496 g/mol. The topological polar surface area (TPSA) is 164 Å². The number of nitro benzene ring substituents is 2. The van der Waals surface area contributed by atoms with E-state index in [1.807, 2.05) is 0 Å². The number of carbonyl (C=O) groups is 2. The highest BCUT2D eigenvalue weighted by Gasteiger charge is 2.26. The number of nitrogens with zero attached hydrogens (tertiary/aromatic N) is 4. The van der Waals surface area contributed by atoms with E-state index in [0.717, 1.165) is 0 Å². The van der Waals surface area contributed by atoms with E-state index in [1.165, 1.54) is 48.6 Å². The van der Waals surface area contributed by atoms with Crippen LogP contribution in [-0.4, -0.2) is 33.6 Å². The van der Waals surface area contributed by atoms with E-state index < -0.39 is 21.8 Å². The molecule has 0 unspecified atom stereocenters. The fourth-order valence-corrected chi connectivity index (χ4v) is 3.57. The van der Waals surface area contributed by atoms with Crippen molar-refractivity contribution in [3.63, 3.8) is 0 Å². The van der Waals surface area contributed by atoms with Crippen LogP contribution in [0.2, 0.25) is 0 Å². The van der Waals surface area contributed by atoms with Gasteiger partial charge in [-0.2, -0.15) is 0 Å². The number of esters is 2. The van der Waals surface area contributed by atoms with Crippen molar-refractivity contribution >= 4 is 47.3 Å². The molecule has 0 spiro atoms. The zero-order chi connectivity index (χ0) is 26.8. The number of nitro groups is 2. The molecule has 0 aliphatic carbocycles. The summed E-state index contributed by atoms with van der Waals surface area (Å²) in [6.07, 6.45) is 2.98. The third-order valence-corrected chi connectivity index (χ3v) is 5.39. The summed E-state index contributed by atoms with van der Waals surface area (Å²) in [5.74, 6) is -1.48. The van der Waals surface area contributed by atoms with E-state index >= 15 is 0 Å². The second-order valence-corrected chi connectivity index (χ2v) is 7.95. The zero-order valence-electron chi connectivity index (χ0n) is 19.1. The van der Waals surface area contributed by atoms with Gasteiger partial charge in [-0.25, -0.2) is 19.6 Å². The second kappa shape index (κ2) is 9.70. The van der Waals surface area contributed by atoms with Crippen molar-refractivity contribution in [3.05, 3.63) is 127 Å². The van der Waals surface area contributed by atoms with E-state index in [9.17, 15) is 29.8 Å². The van der Waals surface area contributed by atoms with E-state index in [0.29, 0.717) is 22.3 Å². The van der Waals surface area contributed by atoms with Crippen molar-refractivity contribution < 1.29 is 28.9 Å². The second-order valence-electron chi connectivity index (χ2n) is 7.95. The molecule has 0 saturated heterocycles. The Bertz CT molecular complexity index is 1530. The van der Waals surface area contributed by atoms with Gasteiger partial charge >= 0.3 is 11.9 Å². The highest BCUT2D eigenvalue weighted by Crippen LogP contribution is 2.24. The lowest BCUT2D eigenvalue weighted by Gasteiger charge is -1.98. The maximum atomic E-state index is 12.3. The fraction of sp³-hybridized carbons (Fsp3) is 0. The molecule has 2 aliphatic rings. The molecule has 3 aromatic carbocycles. The molecular formula is C26H14N4O8. The quantitative estimate of drug-likeness (QED) is 0.206.